The van der Waals surface area contributed by atoms with Crippen LogP contribution in [0.5, 0.6) is 0 Å². The van der Waals surface area contributed by atoms with E-state index in [9.17, 15) is 14.7 Å². The number of aliphatic carboxylic acids is 1. The molecule has 0 spiro atoms. The number of nitrogens with zero attached hydrogens (tertiary/aromatic N) is 1. The van der Waals surface area contributed by atoms with Gasteiger partial charge in [-0.2, -0.15) is 0 Å². The minimum atomic E-state index is -1.03. The van der Waals surface area contributed by atoms with Crippen molar-refractivity contribution in [3.8, 4) is 0 Å². The Kier molecular flexibility index (Phi) is 7.11. The maximum Gasteiger partial charge on any atom is 0.326 e. The predicted molar refractivity (Wildman–Crippen MR) is 88.8 cm³/mol. The van der Waals surface area contributed by atoms with Crippen LogP contribution in [-0.4, -0.2) is 44.0 Å². The second-order valence-electron chi connectivity index (χ2n) is 5.30. The summed E-state index contributed by atoms with van der Waals surface area (Å²) < 4.78 is 0. The fraction of sp³-hybridized carbons (Fsp3) is 0.643. The Morgan fingerprint density at radius 1 is 1.50 bits per heavy atom. The Hall–Kier alpha value is -1.15. The average molecular weight is 343 g/mol. The summed E-state index contributed by atoms with van der Waals surface area (Å²) in [6.45, 7) is 0. The largest absolute Gasteiger partial charge is 0.480 e. The molecule has 2 atom stereocenters. The van der Waals surface area contributed by atoms with Crippen molar-refractivity contribution in [3.63, 3.8) is 0 Å². The molecule has 1 fully saturated rings. The van der Waals surface area contributed by atoms with Crippen molar-refractivity contribution in [2.75, 3.05) is 5.75 Å². The molecule has 2 rings (SSSR count). The average Bonchev–Trinajstić information content (AvgIpc) is 3.16. The van der Waals surface area contributed by atoms with Crippen molar-refractivity contribution >= 4 is 33.5 Å². The number of amides is 1. The van der Waals surface area contributed by atoms with Crippen LogP contribution >= 0.6 is 21.6 Å². The molecule has 1 aromatic heterocycles. The summed E-state index contributed by atoms with van der Waals surface area (Å²) in [7, 11) is 3.87. The number of carbonyl (C=O) groups is 2. The summed E-state index contributed by atoms with van der Waals surface area (Å²) in [6, 6.07) is -0.919. The Morgan fingerprint density at radius 2 is 2.36 bits per heavy atom. The van der Waals surface area contributed by atoms with Gasteiger partial charge in [-0.3, -0.25) is 4.79 Å². The van der Waals surface area contributed by atoms with Gasteiger partial charge in [0.25, 0.3) is 0 Å². The third kappa shape index (κ3) is 5.92. The molecule has 1 aromatic rings. The molecule has 0 bridgehead atoms. The lowest BCUT2D eigenvalue weighted by molar-refractivity contribution is -0.141. The quantitative estimate of drug-likeness (QED) is 0.470. The van der Waals surface area contributed by atoms with E-state index in [1.54, 1.807) is 6.20 Å². The highest BCUT2D eigenvalue weighted by atomic mass is 33.1. The van der Waals surface area contributed by atoms with Crippen molar-refractivity contribution in [1.29, 1.82) is 0 Å². The van der Waals surface area contributed by atoms with Gasteiger partial charge in [-0.25, -0.2) is 9.78 Å². The Labute approximate surface area is 137 Å². The van der Waals surface area contributed by atoms with Crippen LogP contribution < -0.4 is 5.32 Å². The molecule has 1 aliphatic heterocycles. The van der Waals surface area contributed by atoms with Gasteiger partial charge in [-0.15, -0.1) is 0 Å². The summed E-state index contributed by atoms with van der Waals surface area (Å²) >= 11 is 0. The molecule has 1 amide bonds. The van der Waals surface area contributed by atoms with Crippen LogP contribution in [0.4, 0.5) is 0 Å². The number of carboxylic acid groups (broad SMARTS) is 1. The molecule has 8 heteroatoms. The molecule has 0 aliphatic carbocycles. The minimum Gasteiger partial charge on any atom is -0.480 e. The molecule has 0 radical (unpaired) electrons. The Bertz CT molecular complexity index is 476. The Morgan fingerprint density at radius 3 is 3.00 bits per heavy atom. The van der Waals surface area contributed by atoms with Gasteiger partial charge in [0.05, 0.1) is 12.0 Å². The van der Waals surface area contributed by atoms with Crippen molar-refractivity contribution in [2.45, 2.75) is 49.8 Å². The maximum atomic E-state index is 11.9. The van der Waals surface area contributed by atoms with Crippen LogP contribution in [0.3, 0.4) is 0 Å². The van der Waals surface area contributed by atoms with E-state index in [4.69, 9.17) is 0 Å². The number of imidazole rings is 1. The summed E-state index contributed by atoms with van der Waals surface area (Å²) in [5.41, 5.74) is 0.628. The lowest BCUT2D eigenvalue weighted by Crippen LogP contribution is -2.42. The fourth-order valence-corrected chi connectivity index (χ4v) is 5.33. The van der Waals surface area contributed by atoms with Crippen molar-refractivity contribution < 1.29 is 14.7 Å². The molecule has 22 heavy (non-hydrogen) atoms. The van der Waals surface area contributed by atoms with Gasteiger partial charge in [0, 0.05) is 30.0 Å². The van der Waals surface area contributed by atoms with Gasteiger partial charge < -0.3 is 15.4 Å². The minimum absolute atomic E-state index is 0.195. The lowest BCUT2D eigenvalue weighted by Gasteiger charge is -2.13. The van der Waals surface area contributed by atoms with E-state index < -0.39 is 12.0 Å². The molecule has 3 N–H and O–H groups in total. The third-order valence-corrected chi connectivity index (χ3v) is 6.52. The molecule has 122 valence electrons. The second-order valence-corrected chi connectivity index (χ2v) is 8.09. The molecule has 2 heterocycles. The molecular weight excluding hydrogens is 322 g/mol. The van der Waals surface area contributed by atoms with Crippen LogP contribution in [0, 0.1) is 0 Å². The van der Waals surface area contributed by atoms with E-state index in [2.05, 4.69) is 15.3 Å². The first-order chi connectivity index (χ1) is 10.6. The number of H-pyrrole nitrogens is 1. The van der Waals surface area contributed by atoms with Gasteiger partial charge in [0.1, 0.15) is 6.04 Å². The van der Waals surface area contributed by atoms with Crippen molar-refractivity contribution in [3.05, 3.63) is 18.2 Å². The SMILES string of the molecule is O=C(CCCCC1CCSS1)N[C@@H](Cc1c[nH]cn1)C(=O)O. The lowest BCUT2D eigenvalue weighted by atomic mass is 10.1. The zero-order chi connectivity index (χ0) is 15.8. The first kappa shape index (κ1) is 17.2. The molecule has 1 aliphatic rings. The Balaban J connectivity index is 1.65. The van der Waals surface area contributed by atoms with E-state index in [1.165, 1.54) is 18.5 Å². The first-order valence-corrected chi connectivity index (χ1v) is 9.81. The number of aromatic amines is 1. The van der Waals surface area contributed by atoms with E-state index in [0.29, 0.717) is 12.1 Å². The van der Waals surface area contributed by atoms with E-state index in [0.717, 1.165) is 24.5 Å². The van der Waals surface area contributed by atoms with Gasteiger partial charge >= 0.3 is 5.97 Å². The number of hydrogen-bond donors (Lipinski definition) is 3. The zero-order valence-corrected chi connectivity index (χ0v) is 13.9. The van der Waals surface area contributed by atoms with Crippen LogP contribution in [-0.2, 0) is 16.0 Å². The van der Waals surface area contributed by atoms with Gasteiger partial charge in [-0.1, -0.05) is 28.0 Å². The number of carbonyl (C=O) groups excluding carboxylic acids is 1. The van der Waals surface area contributed by atoms with Crippen LogP contribution in [0.25, 0.3) is 0 Å². The van der Waals surface area contributed by atoms with Crippen molar-refractivity contribution in [2.24, 2.45) is 0 Å². The molecule has 6 nitrogen and oxygen atoms in total. The number of carboxylic acids is 1. The first-order valence-electron chi connectivity index (χ1n) is 7.43. The predicted octanol–water partition coefficient (Wildman–Crippen LogP) is 2.24. The normalized spacial score (nSPS) is 19.0. The highest BCUT2D eigenvalue weighted by Crippen LogP contribution is 2.39. The number of hydrogen-bond acceptors (Lipinski definition) is 5. The number of unbranched alkanes of at least 4 members (excludes halogenated alkanes) is 1. The summed E-state index contributed by atoms with van der Waals surface area (Å²) in [6.07, 6.45) is 7.93. The van der Waals surface area contributed by atoms with E-state index in [-0.39, 0.29) is 12.3 Å². The second kappa shape index (κ2) is 9.09. The topological polar surface area (TPSA) is 95.1 Å². The molecule has 1 unspecified atom stereocenters. The number of rotatable bonds is 9. The van der Waals surface area contributed by atoms with E-state index >= 15 is 0 Å². The standard InChI is InChI=1S/C14H21N3O3S2/c18-13(4-2-1-3-11-5-6-21-22-11)17-12(14(19)20)7-10-8-15-9-16-10/h8-9,11-12H,1-7H2,(H,15,16)(H,17,18)(H,19,20)/t11?,12-/m0/s1. The highest BCUT2D eigenvalue weighted by molar-refractivity contribution is 8.77. The smallest absolute Gasteiger partial charge is 0.326 e. The summed E-state index contributed by atoms with van der Waals surface area (Å²) in [4.78, 5) is 29.8. The van der Waals surface area contributed by atoms with Gasteiger partial charge in [0.15, 0.2) is 0 Å². The molecule has 0 saturated carbocycles. The van der Waals surface area contributed by atoms with E-state index in [1.807, 2.05) is 21.6 Å². The van der Waals surface area contributed by atoms with Gasteiger partial charge in [-0.05, 0) is 19.3 Å². The van der Waals surface area contributed by atoms with Crippen LogP contribution in [0.1, 0.15) is 37.8 Å². The summed E-state index contributed by atoms with van der Waals surface area (Å²) in [5, 5.41) is 12.5. The maximum absolute atomic E-state index is 11.9. The zero-order valence-electron chi connectivity index (χ0n) is 12.3. The van der Waals surface area contributed by atoms with Crippen LogP contribution in [0.2, 0.25) is 0 Å². The molecule has 0 aromatic carbocycles. The fourth-order valence-electron chi connectivity index (χ4n) is 2.30. The monoisotopic (exact) mass is 343 g/mol. The third-order valence-electron chi connectivity index (χ3n) is 3.51. The highest BCUT2D eigenvalue weighted by Gasteiger charge is 2.21. The van der Waals surface area contributed by atoms with Crippen LogP contribution in [0.15, 0.2) is 12.5 Å². The summed E-state index contributed by atoms with van der Waals surface area (Å²) in [5.74, 6) is -0.00403. The number of nitrogens with one attached hydrogen (secondary N) is 2. The molecular formula is C14H21N3O3S2. The number of aromatic nitrogens is 2. The van der Waals surface area contributed by atoms with Crippen molar-refractivity contribution in [1.82, 2.24) is 15.3 Å². The molecule has 1 saturated heterocycles. The van der Waals surface area contributed by atoms with Gasteiger partial charge in [0.2, 0.25) is 5.91 Å².